The van der Waals surface area contributed by atoms with Gasteiger partial charge in [-0.1, -0.05) is 6.92 Å². The van der Waals surface area contributed by atoms with Crippen LogP contribution in [0.1, 0.15) is 39.0 Å². The van der Waals surface area contributed by atoms with Gasteiger partial charge in [-0.25, -0.2) is 9.59 Å². The predicted molar refractivity (Wildman–Crippen MR) is 75.8 cm³/mol. The number of rotatable bonds is 3. The average Bonchev–Trinajstić information content (AvgIpc) is 2.51. The predicted octanol–water partition coefficient (Wildman–Crippen LogP) is 1.72. The van der Waals surface area contributed by atoms with Crippen molar-refractivity contribution in [3.63, 3.8) is 0 Å². The number of piperidine rings is 1. The van der Waals surface area contributed by atoms with Gasteiger partial charge >= 0.3 is 12.1 Å². The molecule has 1 heterocycles. The zero-order valence-electron chi connectivity index (χ0n) is 12.7. The minimum Gasteiger partial charge on any atom is -0.480 e. The molecule has 1 aliphatic heterocycles. The molecule has 0 aromatic heterocycles. The van der Waals surface area contributed by atoms with E-state index in [2.05, 4.69) is 0 Å². The molecule has 6 heteroatoms. The highest BCUT2D eigenvalue weighted by Gasteiger charge is 2.49. The molecule has 6 nitrogen and oxygen atoms in total. The van der Waals surface area contributed by atoms with E-state index in [9.17, 15) is 19.8 Å². The summed E-state index contributed by atoms with van der Waals surface area (Å²) in [6.45, 7) is 2.15. The van der Waals surface area contributed by atoms with Crippen molar-refractivity contribution in [1.29, 1.82) is 0 Å². The van der Waals surface area contributed by atoms with Crippen LogP contribution in [0.4, 0.5) is 4.79 Å². The van der Waals surface area contributed by atoms with Crippen LogP contribution in [0.15, 0.2) is 0 Å². The Balaban J connectivity index is 2.26. The highest BCUT2D eigenvalue weighted by atomic mass is 16.5. The number of fused-ring (bicyclic) bond motifs is 1. The van der Waals surface area contributed by atoms with Crippen molar-refractivity contribution in [1.82, 2.24) is 4.90 Å². The lowest BCUT2D eigenvalue weighted by Gasteiger charge is -2.50. The number of carbonyl (C=O) groups excluding carboxylic acids is 1. The van der Waals surface area contributed by atoms with Crippen molar-refractivity contribution < 1.29 is 24.5 Å². The Morgan fingerprint density at radius 1 is 1.29 bits per heavy atom. The maximum absolute atomic E-state index is 12.0. The van der Waals surface area contributed by atoms with Crippen LogP contribution >= 0.6 is 0 Å². The summed E-state index contributed by atoms with van der Waals surface area (Å²) in [6.07, 6.45) is 3.38. The standard InChI is InChI=1S/C15H25NO5/c1-3-12-11-5-4-9(8-17)6-10(11)7-13(14(18)19)16(12)15(20)21-2/h9-13,17H,3-8H2,1-2H3,(H,18,19)/t9-,10+,11+,12?,13-/m0/s1. The number of carboxylic acids is 1. The fraction of sp³-hybridized carbons (Fsp3) is 0.867. The number of aliphatic carboxylic acids is 1. The quantitative estimate of drug-likeness (QED) is 0.828. The zero-order valence-corrected chi connectivity index (χ0v) is 12.7. The van der Waals surface area contributed by atoms with Gasteiger partial charge in [0.2, 0.25) is 0 Å². The van der Waals surface area contributed by atoms with Crippen molar-refractivity contribution in [3.05, 3.63) is 0 Å². The Morgan fingerprint density at radius 2 is 2.00 bits per heavy atom. The third-order valence-electron chi connectivity index (χ3n) is 5.21. The number of likely N-dealkylation sites (tertiary alicyclic amines) is 1. The summed E-state index contributed by atoms with van der Waals surface area (Å²) >= 11 is 0. The molecular formula is C15H25NO5. The normalized spacial score (nSPS) is 36.0. The van der Waals surface area contributed by atoms with Crippen molar-refractivity contribution in [2.45, 2.75) is 51.1 Å². The van der Waals surface area contributed by atoms with Crippen LogP contribution in [0.25, 0.3) is 0 Å². The SMILES string of the molecule is CCC1[C@@H]2CC[C@H](CO)C[C@@H]2C[C@@H](C(=O)O)N1C(=O)OC. The average molecular weight is 299 g/mol. The zero-order chi connectivity index (χ0) is 15.6. The van der Waals surface area contributed by atoms with Crippen LogP contribution in [0.2, 0.25) is 0 Å². The lowest BCUT2D eigenvalue weighted by atomic mass is 9.65. The molecule has 0 radical (unpaired) electrons. The summed E-state index contributed by atoms with van der Waals surface area (Å²) < 4.78 is 4.81. The molecule has 1 saturated carbocycles. The molecule has 1 saturated heterocycles. The second kappa shape index (κ2) is 6.64. The molecule has 120 valence electrons. The number of nitrogens with zero attached hydrogens (tertiary/aromatic N) is 1. The van der Waals surface area contributed by atoms with Crippen LogP contribution in [0.3, 0.4) is 0 Å². The first-order valence-corrected chi connectivity index (χ1v) is 7.73. The van der Waals surface area contributed by atoms with E-state index in [0.29, 0.717) is 12.3 Å². The molecule has 0 spiro atoms. The molecule has 0 bridgehead atoms. The van der Waals surface area contributed by atoms with Gasteiger partial charge in [-0.15, -0.1) is 0 Å². The number of carbonyl (C=O) groups is 2. The summed E-state index contributed by atoms with van der Waals surface area (Å²) in [6, 6.07) is -0.905. The highest BCUT2D eigenvalue weighted by molar-refractivity contribution is 5.80. The molecular weight excluding hydrogens is 274 g/mol. The number of ether oxygens (including phenoxy) is 1. The van der Waals surface area contributed by atoms with Gasteiger partial charge in [-0.05, 0) is 49.9 Å². The lowest BCUT2D eigenvalue weighted by molar-refractivity contribution is -0.149. The molecule has 21 heavy (non-hydrogen) atoms. The van der Waals surface area contributed by atoms with Gasteiger partial charge in [-0.3, -0.25) is 4.90 Å². The maximum atomic E-state index is 12.0. The monoisotopic (exact) mass is 299 g/mol. The second-order valence-electron chi connectivity index (χ2n) is 6.23. The summed E-state index contributed by atoms with van der Waals surface area (Å²) in [4.78, 5) is 25.1. The minimum atomic E-state index is -0.969. The number of aliphatic hydroxyl groups is 1. The summed E-state index contributed by atoms with van der Waals surface area (Å²) in [5, 5.41) is 18.8. The number of hydrogen-bond acceptors (Lipinski definition) is 4. The van der Waals surface area contributed by atoms with Gasteiger partial charge in [0, 0.05) is 12.6 Å². The first-order valence-electron chi connectivity index (χ1n) is 7.73. The number of hydrogen-bond donors (Lipinski definition) is 2. The van der Waals surface area contributed by atoms with Crippen molar-refractivity contribution in [3.8, 4) is 0 Å². The van der Waals surface area contributed by atoms with E-state index in [1.165, 1.54) is 12.0 Å². The third kappa shape index (κ3) is 3.00. The number of aliphatic hydroxyl groups excluding tert-OH is 1. The van der Waals surface area contributed by atoms with E-state index < -0.39 is 18.1 Å². The van der Waals surface area contributed by atoms with E-state index in [1.54, 1.807) is 0 Å². The Labute approximate surface area is 125 Å². The van der Waals surface area contributed by atoms with E-state index in [-0.39, 0.29) is 24.5 Å². The second-order valence-corrected chi connectivity index (χ2v) is 6.23. The molecule has 0 aromatic rings. The Bertz CT molecular complexity index is 400. The molecule has 1 unspecified atom stereocenters. The number of amides is 1. The molecule has 5 atom stereocenters. The van der Waals surface area contributed by atoms with E-state index in [4.69, 9.17) is 4.74 Å². The molecule has 2 fully saturated rings. The fourth-order valence-electron chi connectivity index (χ4n) is 4.25. The highest BCUT2D eigenvalue weighted by Crippen LogP contribution is 2.45. The van der Waals surface area contributed by atoms with E-state index >= 15 is 0 Å². The van der Waals surface area contributed by atoms with Crippen molar-refractivity contribution in [2.24, 2.45) is 17.8 Å². The first kappa shape index (κ1) is 16.1. The Hall–Kier alpha value is -1.30. The summed E-state index contributed by atoms with van der Waals surface area (Å²) in [5.74, 6) is -0.123. The van der Waals surface area contributed by atoms with E-state index in [0.717, 1.165) is 25.7 Å². The molecule has 0 aromatic carbocycles. The van der Waals surface area contributed by atoms with Crippen LogP contribution in [-0.4, -0.2) is 53.0 Å². The third-order valence-corrected chi connectivity index (χ3v) is 5.21. The molecule has 2 N–H and O–H groups in total. The molecule has 2 rings (SSSR count). The van der Waals surface area contributed by atoms with Gasteiger partial charge < -0.3 is 14.9 Å². The van der Waals surface area contributed by atoms with Gasteiger partial charge in [0.15, 0.2) is 0 Å². The fourth-order valence-corrected chi connectivity index (χ4v) is 4.25. The summed E-state index contributed by atoms with van der Waals surface area (Å²) in [7, 11) is 1.29. The lowest BCUT2D eigenvalue weighted by Crippen LogP contribution is -2.60. The van der Waals surface area contributed by atoms with Crippen LogP contribution < -0.4 is 0 Å². The van der Waals surface area contributed by atoms with Crippen molar-refractivity contribution in [2.75, 3.05) is 13.7 Å². The Morgan fingerprint density at radius 3 is 2.52 bits per heavy atom. The first-order chi connectivity index (χ1) is 10.0. The largest absolute Gasteiger partial charge is 0.480 e. The molecule has 2 aliphatic rings. The Kier molecular flexibility index (Phi) is 5.08. The van der Waals surface area contributed by atoms with Crippen LogP contribution in [-0.2, 0) is 9.53 Å². The topological polar surface area (TPSA) is 87.1 Å². The van der Waals surface area contributed by atoms with Crippen LogP contribution in [0, 0.1) is 17.8 Å². The van der Waals surface area contributed by atoms with Crippen LogP contribution in [0.5, 0.6) is 0 Å². The summed E-state index contributed by atoms with van der Waals surface area (Å²) in [5.41, 5.74) is 0. The van der Waals surface area contributed by atoms with Gasteiger partial charge in [0.05, 0.1) is 7.11 Å². The smallest absolute Gasteiger partial charge is 0.410 e. The molecule has 1 amide bonds. The van der Waals surface area contributed by atoms with Gasteiger partial charge in [0.25, 0.3) is 0 Å². The van der Waals surface area contributed by atoms with Gasteiger partial charge in [-0.2, -0.15) is 0 Å². The number of methoxy groups -OCH3 is 1. The van der Waals surface area contributed by atoms with Gasteiger partial charge in [0.1, 0.15) is 6.04 Å². The molecule has 1 aliphatic carbocycles. The minimum absolute atomic E-state index is 0.0862. The maximum Gasteiger partial charge on any atom is 0.410 e. The number of carboxylic acid groups (broad SMARTS) is 1. The van der Waals surface area contributed by atoms with Crippen molar-refractivity contribution >= 4 is 12.1 Å². The van der Waals surface area contributed by atoms with E-state index in [1.807, 2.05) is 6.92 Å².